The molecule has 0 aliphatic carbocycles. The minimum absolute atomic E-state index is 0.888. The van der Waals surface area contributed by atoms with Crippen molar-refractivity contribution in [2.24, 2.45) is 5.92 Å². The molecule has 90 valence electrons. The molecule has 4 heteroatoms. The van der Waals surface area contributed by atoms with Crippen LogP contribution in [0.15, 0.2) is 12.5 Å². The first kappa shape index (κ1) is 12.0. The van der Waals surface area contributed by atoms with Gasteiger partial charge in [-0.3, -0.25) is 0 Å². The Morgan fingerprint density at radius 2 is 2.31 bits per heavy atom. The van der Waals surface area contributed by atoms with Crippen LogP contribution in [-0.4, -0.2) is 27.6 Å². The molecule has 0 spiro atoms. The van der Waals surface area contributed by atoms with Crippen molar-refractivity contribution in [3.05, 3.63) is 18.2 Å². The summed E-state index contributed by atoms with van der Waals surface area (Å²) in [5, 5.41) is 3.56. The molecule has 1 aliphatic heterocycles. The number of rotatable bonds is 5. The Morgan fingerprint density at radius 3 is 3.06 bits per heavy atom. The van der Waals surface area contributed by atoms with Gasteiger partial charge in [-0.05, 0) is 43.7 Å². The van der Waals surface area contributed by atoms with E-state index in [1.54, 1.807) is 0 Å². The van der Waals surface area contributed by atoms with Gasteiger partial charge in [0.2, 0.25) is 0 Å². The molecule has 0 unspecified atom stereocenters. The number of nitrogens with one attached hydrogen (secondary N) is 1. The van der Waals surface area contributed by atoms with Crippen LogP contribution < -0.4 is 5.32 Å². The van der Waals surface area contributed by atoms with E-state index in [2.05, 4.69) is 33.6 Å². The van der Waals surface area contributed by atoms with E-state index >= 15 is 0 Å². The summed E-state index contributed by atoms with van der Waals surface area (Å²) in [5.41, 5.74) is 1.30. The van der Waals surface area contributed by atoms with Crippen LogP contribution in [0.5, 0.6) is 0 Å². The summed E-state index contributed by atoms with van der Waals surface area (Å²) in [7, 11) is 0. The van der Waals surface area contributed by atoms with Gasteiger partial charge in [-0.1, -0.05) is 0 Å². The highest BCUT2D eigenvalue weighted by Gasteiger charge is 2.13. The highest BCUT2D eigenvalue weighted by atomic mass is 32.2. The van der Waals surface area contributed by atoms with Gasteiger partial charge in [0.25, 0.3) is 0 Å². The zero-order valence-electron chi connectivity index (χ0n) is 9.98. The van der Waals surface area contributed by atoms with Crippen molar-refractivity contribution in [1.82, 2.24) is 14.9 Å². The van der Waals surface area contributed by atoms with Gasteiger partial charge in [-0.25, -0.2) is 4.98 Å². The van der Waals surface area contributed by atoms with Crippen LogP contribution in [0.25, 0.3) is 0 Å². The van der Waals surface area contributed by atoms with Crippen LogP contribution in [0.4, 0.5) is 0 Å². The van der Waals surface area contributed by atoms with Gasteiger partial charge in [-0.2, -0.15) is 11.8 Å². The monoisotopic (exact) mass is 239 g/mol. The Morgan fingerprint density at radius 1 is 1.50 bits per heavy atom. The number of imidazole rings is 1. The lowest BCUT2D eigenvalue weighted by Crippen LogP contribution is -2.26. The van der Waals surface area contributed by atoms with Crippen LogP contribution in [0.1, 0.15) is 25.5 Å². The summed E-state index contributed by atoms with van der Waals surface area (Å²) in [6.07, 6.45) is 6.64. The maximum Gasteiger partial charge on any atom is 0.0948 e. The van der Waals surface area contributed by atoms with Crippen LogP contribution in [0.3, 0.4) is 0 Å². The summed E-state index contributed by atoms with van der Waals surface area (Å²) < 4.78 is 2.20. The third kappa shape index (κ3) is 3.25. The predicted octanol–water partition coefficient (Wildman–Crippen LogP) is 2.14. The molecule has 0 atom stereocenters. The summed E-state index contributed by atoms with van der Waals surface area (Å²) >= 11 is 2.09. The third-order valence-electron chi connectivity index (χ3n) is 3.22. The molecule has 1 aliphatic rings. The van der Waals surface area contributed by atoms with Crippen molar-refractivity contribution in [3.63, 3.8) is 0 Å². The minimum Gasteiger partial charge on any atom is -0.334 e. The molecule has 1 fully saturated rings. The Hall–Kier alpha value is -0.480. The van der Waals surface area contributed by atoms with E-state index in [9.17, 15) is 0 Å². The van der Waals surface area contributed by atoms with E-state index in [0.29, 0.717) is 0 Å². The number of aryl methyl sites for hydroxylation is 1. The Balaban J connectivity index is 1.71. The normalized spacial score (nSPS) is 17.8. The van der Waals surface area contributed by atoms with Gasteiger partial charge >= 0.3 is 0 Å². The van der Waals surface area contributed by atoms with Crippen molar-refractivity contribution in [3.8, 4) is 0 Å². The fraction of sp³-hybridized carbons (Fsp3) is 0.750. The SMILES string of the molecule is CCn1cncc1CNCC1CCSCC1. The molecule has 16 heavy (non-hydrogen) atoms. The lowest BCUT2D eigenvalue weighted by atomic mass is 10.0. The van der Waals surface area contributed by atoms with Crippen LogP contribution >= 0.6 is 11.8 Å². The van der Waals surface area contributed by atoms with E-state index < -0.39 is 0 Å². The Kier molecular flexibility index (Phi) is 4.72. The Labute approximate surface area is 102 Å². The molecule has 1 N–H and O–H groups in total. The van der Waals surface area contributed by atoms with Gasteiger partial charge in [0.15, 0.2) is 0 Å². The van der Waals surface area contributed by atoms with Crippen molar-refractivity contribution in [1.29, 1.82) is 0 Å². The number of hydrogen-bond acceptors (Lipinski definition) is 3. The fourth-order valence-electron chi connectivity index (χ4n) is 2.13. The first-order chi connectivity index (χ1) is 7.90. The Bertz CT molecular complexity index is 305. The van der Waals surface area contributed by atoms with Crippen molar-refractivity contribution < 1.29 is 0 Å². The number of nitrogens with zero attached hydrogens (tertiary/aromatic N) is 2. The maximum absolute atomic E-state index is 4.18. The first-order valence-electron chi connectivity index (χ1n) is 6.17. The van der Waals surface area contributed by atoms with Gasteiger partial charge in [0.1, 0.15) is 0 Å². The molecule has 0 amide bonds. The third-order valence-corrected chi connectivity index (χ3v) is 4.27. The van der Waals surface area contributed by atoms with E-state index in [1.807, 2.05) is 12.5 Å². The summed E-state index contributed by atoms with van der Waals surface area (Å²) in [4.78, 5) is 4.18. The molecule has 1 aromatic rings. The fourth-order valence-corrected chi connectivity index (χ4v) is 3.34. The van der Waals surface area contributed by atoms with Crippen molar-refractivity contribution in [2.75, 3.05) is 18.1 Å². The average Bonchev–Trinajstić information content (AvgIpc) is 2.78. The zero-order valence-corrected chi connectivity index (χ0v) is 10.8. The molecule has 0 radical (unpaired) electrons. The molecule has 2 rings (SSSR count). The highest BCUT2D eigenvalue weighted by Crippen LogP contribution is 2.21. The minimum atomic E-state index is 0.888. The first-order valence-corrected chi connectivity index (χ1v) is 7.33. The van der Waals surface area contributed by atoms with Crippen molar-refractivity contribution >= 4 is 11.8 Å². The van der Waals surface area contributed by atoms with E-state index in [0.717, 1.165) is 25.6 Å². The molecule has 0 bridgehead atoms. The molecule has 0 saturated carbocycles. The summed E-state index contributed by atoms with van der Waals surface area (Å²) in [6.45, 7) is 5.29. The second-order valence-electron chi connectivity index (χ2n) is 4.36. The second-order valence-corrected chi connectivity index (χ2v) is 5.58. The van der Waals surface area contributed by atoms with Crippen LogP contribution in [-0.2, 0) is 13.1 Å². The van der Waals surface area contributed by atoms with Gasteiger partial charge in [0.05, 0.1) is 12.0 Å². The smallest absolute Gasteiger partial charge is 0.0948 e. The summed E-state index contributed by atoms with van der Waals surface area (Å²) in [6, 6.07) is 0. The zero-order chi connectivity index (χ0) is 11.2. The summed E-state index contributed by atoms with van der Waals surface area (Å²) in [5.74, 6) is 3.58. The lowest BCUT2D eigenvalue weighted by molar-refractivity contribution is 0.443. The number of aromatic nitrogens is 2. The second kappa shape index (κ2) is 6.30. The number of thioether (sulfide) groups is 1. The molecular weight excluding hydrogens is 218 g/mol. The molecule has 2 heterocycles. The molecule has 0 aromatic carbocycles. The van der Waals surface area contributed by atoms with Gasteiger partial charge < -0.3 is 9.88 Å². The molecule has 1 aromatic heterocycles. The maximum atomic E-state index is 4.18. The van der Waals surface area contributed by atoms with E-state index in [1.165, 1.54) is 30.0 Å². The predicted molar refractivity (Wildman–Crippen MR) is 69.7 cm³/mol. The van der Waals surface area contributed by atoms with Crippen LogP contribution in [0, 0.1) is 5.92 Å². The van der Waals surface area contributed by atoms with E-state index in [4.69, 9.17) is 0 Å². The lowest BCUT2D eigenvalue weighted by Gasteiger charge is -2.21. The van der Waals surface area contributed by atoms with Gasteiger partial charge in [-0.15, -0.1) is 0 Å². The van der Waals surface area contributed by atoms with E-state index in [-0.39, 0.29) is 0 Å². The van der Waals surface area contributed by atoms with Crippen LogP contribution in [0.2, 0.25) is 0 Å². The topological polar surface area (TPSA) is 29.9 Å². The van der Waals surface area contributed by atoms with Gasteiger partial charge in [0, 0.05) is 19.3 Å². The molecule has 1 saturated heterocycles. The quantitative estimate of drug-likeness (QED) is 0.854. The molecule has 3 nitrogen and oxygen atoms in total. The standard InChI is InChI=1S/C12H21N3S/c1-2-15-10-14-9-12(15)8-13-7-11-3-5-16-6-4-11/h9-11,13H,2-8H2,1H3. The average molecular weight is 239 g/mol. The largest absolute Gasteiger partial charge is 0.334 e. The molecular formula is C12H21N3S. The van der Waals surface area contributed by atoms with Crippen molar-refractivity contribution in [2.45, 2.75) is 32.9 Å². The number of hydrogen-bond donors (Lipinski definition) is 1. The highest BCUT2D eigenvalue weighted by molar-refractivity contribution is 7.99.